The second-order valence-corrected chi connectivity index (χ2v) is 6.76. The molecule has 0 unspecified atom stereocenters. The summed E-state index contributed by atoms with van der Waals surface area (Å²) in [6.45, 7) is 1.98. The van der Waals surface area contributed by atoms with Crippen LogP contribution in [0.25, 0.3) is 11.3 Å². The zero-order valence-electron chi connectivity index (χ0n) is 15.2. The number of amides is 1. The maximum atomic E-state index is 13.7. The van der Waals surface area contributed by atoms with Crippen LogP contribution in [0.5, 0.6) is 0 Å². The highest BCUT2D eigenvalue weighted by Gasteiger charge is 2.17. The topological polar surface area (TPSA) is 68.3 Å². The minimum absolute atomic E-state index is 0.266. The fourth-order valence-electron chi connectivity index (χ4n) is 2.60. The molecule has 3 rings (SSSR count). The molecule has 1 amide bonds. The molecule has 0 bridgehead atoms. The molecule has 8 heteroatoms. The zero-order chi connectivity index (χ0) is 21.0. The van der Waals surface area contributed by atoms with Crippen molar-refractivity contribution in [3.05, 3.63) is 82.0 Å². The van der Waals surface area contributed by atoms with Crippen LogP contribution in [0.4, 0.5) is 14.5 Å². The monoisotopic (exact) mass is 460 g/mol. The minimum atomic E-state index is -0.936. The van der Waals surface area contributed by atoms with Crippen molar-refractivity contribution in [3.63, 3.8) is 0 Å². The molecule has 0 aliphatic rings. The molecule has 0 saturated carbocycles. The first-order chi connectivity index (χ1) is 13.9. The first-order valence-corrected chi connectivity index (χ1v) is 9.38. The maximum absolute atomic E-state index is 13.7. The lowest BCUT2D eigenvalue weighted by atomic mass is 10.1. The number of hydrogen-bond donors (Lipinski definition) is 1. The van der Waals surface area contributed by atoms with Crippen molar-refractivity contribution >= 4 is 33.5 Å². The average Bonchev–Trinajstić information content (AvgIpc) is 2.69. The molecule has 29 heavy (non-hydrogen) atoms. The number of anilines is 1. The summed E-state index contributed by atoms with van der Waals surface area (Å²) >= 11 is 3.39. The highest BCUT2D eigenvalue weighted by molar-refractivity contribution is 9.10. The summed E-state index contributed by atoms with van der Waals surface area (Å²) < 4.78 is 33.0. The van der Waals surface area contributed by atoms with Gasteiger partial charge < -0.3 is 10.1 Å². The van der Waals surface area contributed by atoms with Gasteiger partial charge in [0.1, 0.15) is 17.2 Å². The second kappa shape index (κ2) is 8.91. The molecule has 1 aromatic heterocycles. The van der Waals surface area contributed by atoms with E-state index in [4.69, 9.17) is 4.74 Å². The highest BCUT2D eigenvalue weighted by atomic mass is 79.9. The van der Waals surface area contributed by atoms with Crippen LogP contribution in [0.1, 0.15) is 27.6 Å². The Kier molecular flexibility index (Phi) is 6.33. The van der Waals surface area contributed by atoms with Crippen LogP contribution in [0.2, 0.25) is 0 Å². The summed E-state index contributed by atoms with van der Waals surface area (Å²) in [5.74, 6) is -3.22. The normalized spacial score (nSPS) is 10.5. The predicted octanol–water partition coefficient (Wildman–Crippen LogP) is 5.22. The number of nitrogens with one attached hydrogen (secondary N) is 1. The maximum Gasteiger partial charge on any atom is 0.339 e. The molecule has 1 N–H and O–H groups in total. The molecule has 0 aliphatic heterocycles. The number of halogens is 3. The molecule has 2 aromatic carbocycles. The molecular weight excluding hydrogens is 446 g/mol. The molecule has 148 valence electrons. The van der Waals surface area contributed by atoms with Crippen molar-refractivity contribution in [1.82, 2.24) is 4.98 Å². The van der Waals surface area contributed by atoms with Gasteiger partial charge in [-0.15, -0.1) is 0 Å². The number of hydrogen-bond acceptors (Lipinski definition) is 4. The molecule has 3 aromatic rings. The average molecular weight is 461 g/mol. The predicted molar refractivity (Wildman–Crippen MR) is 108 cm³/mol. The molecular formula is C21H15BrF2N2O3. The first-order valence-electron chi connectivity index (χ1n) is 8.59. The lowest BCUT2D eigenvalue weighted by Gasteiger charge is -2.09. The molecule has 0 radical (unpaired) electrons. The van der Waals surface area contributed by atoms with E-state index in [2.05, 4.69) is 26.2 Å². The summed E-state index contributed by atoms with van der Waals surface area (Å²) in [5, 5.41) is 2.46. The van der Waals surface area contributed by atoms with Crippen LogP contribution < -0.4 is 5.32 Å². The summed E-state index contributed by atoms with van der Waals surface area (Å²) in [5.41, 5.74) is 1.33. The van der Waals surface area contributed by atoms with E-state index < -0.39 is 29.1 Å². The Morgan fingerprint density at radius 1 is 1.10 bits per heavy atom. The lowest BCUT2D eigenvalue weighted by molar-refractivity contribution is 0.0525. The summed E-state index contributed by atoms with van der Waals surface area (Å²) in [7, 11) is 0. The SMILES string of the molecule is CCOC(=O)c1cnc(-c2ccc(NC(=O)c3c(F)cccc3F)cc2)c(Br)c1. The van der Waals surface area contributed by atoms with Crippen molar-refractivity contribution < 1.29 is 23.1 Å². The number of ether oxygens (including phenoxy) is 1. The van der Waals surface area contributed by atoms with E-state index in [9.17, 15) is 18.4 Å². The summed E-state index contributed by atoms with van der Waals surface area (Å²) in [6, 6.07) is 11.4. The number of esters is 1. The van der Waals surface area contributed by atoms with Crippen LogP contribution in [-0.4, -0.2) is 23.5 Å². The third-order valence-corrected chi connectivity index (χ3v) is 4.56. The van der Waals surface area contributed by atoms with E-state index in [1.54, 1.807) is 37.3 Å². The van der Waals surface area contributed by atoms with Gasteiger partial charge >= 0.3 is 5.97 Å². The van der Waals surface area contributed by atoms with Crippen molar-refractivity contribution in [2.45, 2.75) is 6.92 Å². The quantitative estimate of drug-likeness (QED) is 0.530. The van der Waals surface area contributed by atoms with E-state index in [-0.39, 0.29) is 6.61 Å². The Labute approximate surface area is 173 Å². The minimum Gasteiger partial charge on any atom is -0.462 e. The Bertz CT molecular complexity index is 1050. The van der Waals surface area contributed by atoms with E-state index in [0.717, 1.165) is 12.1 Å². The van der Waals surface area contributed by atoms with Gasteiger partial charge in [-0.05, 0) is 53.2 Å². The number of benzene rings is 2. The van der Waals surface area contributed by atoms with Gasteiger partial charge in [-0.25, -0.2) is 13.6 Å². The van der Waals surface area contributed by atoms with Crippen LogP contribution in [-0.2, 0) is 4.74 Å². The lowest BCUT2D eigenvalue weighted by Crippen LogP contribution is -2.15. The van der Waals surface area contributed by atoms with Crippen molar-refractivity contribution in [1.29, 1.82) is 0 Å². The molecule has 0 atom stereocenters. The van der Waals surface area contributed by atoms with Crippen LogP contribution >= 0.6 is 15.9 Å². The van der Waals surface area contributed by atoms with Crippen LogP contribution in [0.15, 0.2) is 59.2 Å². The standard InChI is InChI=1S/C21H15BrF2N2O3/c1-2-29-21(28)13-10-15(22)19(25-11-13)12-6-8-14(9-7-12)26-20(27)18-16(23)4-3-5-17(18)24/h3-11H,2H2,1H3,(H,26,27). The number of rotatable bonds is 5. The summed E-state index contributed by atoms with van der Waals surface area (Å²) in [6.07, 6.45) is 1.41. The third kappa shape index (κ3) is 4.65. The van der Waals surface area contributed by atoms with E-state index in [1.807, 2.05) is 0 Å². The Hall–Kier alpha value is -3.13. The van der Waals surface area contributed by atoms with Gasteiger partial charge in [0.15, 0.2) is 0 Å². The molecule has 0 spiro atoms. The van der Waals surface area contributed by atoms with Gasteiger partial charge in [-0.3, -0.25) is 9.78 Å². The van der Waals surface area contributed by atoms with E-state index in [1.165, 1.54) is 12.3 Å². The number of pyridine rings is 1. The molecule has 0 fully saturated rings. The second-order valence-electron chi connectivity index (χ2n) is 5.90. The van der Waals surface area contributed by atoms with Gasteiger partial charge in [0.05, 0.1) is 17.9 Å². The zero-order valence-corrected chi connectivity index (χ0v) is 16.8. The molecule has 5 nitrogen and oxygen atoms in total. The Morgan fingerprint density at radius 3 is 2.34 bits per heavy atom. The fraction of sp³-hybridized carbons (Fsp3) is 0.0952. The van der Waals surface area contributed by atoms with Crippen LogP contribution in [0.3, 0.4) is 0 Å². The first kappa shape index (κ1) is 20.6. The van der Waals surface area contributed by atoms with Gasteiger partial charge in [0.25, 0.3) is 5.91 Å². The van der Waals surface area contributed by atoms with E-state index in [0.29, 0.717) is 27.0 Å². The smallest absolute Gasteiger partial charge is 0.339 e. The number of carbonyl (C=O) groups excluding carboxylic acids is 2. The fourth-order valence-corrected chi connectivity index (χ4v) is 3.17. The molecule has 1 heterocycles. The largest absolute Gasteiger partial charge is 0.462 e. The number of carbonyl (C=O) groups is 2. The highest BCUT2D eigenvalue weighted by Crippen LogP contribution is 2.28. The van der Waals surface area contributed by atoms with Gasteiger partial charge in [-0.1, -0.05) is 18.2 Å². The summed E-state index contributed by atoms with van der Waals surface area (Å²) in [4.78, 5) is 28.2. The van der Waals surface area contributed by atoms with Crippen molar-refractivity contribution in [2.24, 2.45) is 0 Å². The van der Waals surface area contributed by atoms with E-state index >= 15 is 0 Å². The number of nitrogens with zero attached hydrogens (tertiary/aromatic N) is 1. The van der Waals surface area contributed by atoms with Gasteiger partial charge in [0.2, 0.25) is 0 Å². The van der Waals surface area contributed by atoms with Crippen LogP contribution in [0, 0.1) is 11.6 Å². The van der Waals surface area contributed by atoms with Crippen molar-refractivity contribution in [2.75, 3.05) is 11.9 Å². The number of aromatic nitrogens is 1. The third-order valence-electron chi connectivity index (χ3n) is 3.96. The Balaban J connectivity index is 1.78. The van der Waals surface area contributed by atoms with Gasteiger partial charge in [0, 0.05) is 21.9 Å². The molecule has 0 aliphatic carbocycles. The Morgan fingerprint density at radius 2 is 1.76 bits per heavy atom. The van der Waals surface area contributed by atoms with Gasteiger partial charge in [-0.2, -0.15) is 0 Å². The molecule has 0 saturated heterocycles. The van der Waals surface area contributed by atoms with Crippen molar-refractivity contribution in [3.8, 4) is 11.3 Å².